The molecule has 3 heterocycles. The van der Waals surface area contributed by atoms with Crippen LogP contribution in [0.5, 0.6) is 0 Å². The highest BCUT2D eigenvalue weighted by molar-refractivity contribution is 7.71. The largest absolute Gasteiger partial charge is 0.376 e. The topological polar surface area (TPSA) is 38.5 Å². The molecule has 6 nitrogen and oxygen atoms in total. The first-order valence-corrected chi connectivity index (χ1v) is 11.8. The van der Waals surface area contributed by atoms with Crippen LogP contribution in [0.15, 0.2) is 30.3 Å². The van der Waals surface area contributed by atoms with Gasteiger partial charge in [0.25, 0.3) is 0 Å². The zero-order chi connectivity index (χ0) is 20.9. The van der Waals surface area contributed by atoms with E-state index < -0.39 is 0 Å². The molecule has 7 heteroatoms. The number of anilines is 1. The molecule has 2 aromatic rings. The van der Waals surface area contributed by atoms with E-state index in [0.717, 1.165) is 68.7 Å². The molecule has 164 valence electrons. The third-order valence-electron chi connectivity index (χ3n) is 6.38. The third-order valence-corrected chi connectivity index (χ3v) is 6.81. The van der Waals surface area contributed by atoms with Crippen LogP contribution < -0.4 is 4.90 Å². The summed E-state index contributed by atoms with van der Waals surface area (Å²) in [5.74, 6) is 1.82. The Balaban J connectivity index is 1.48. The quantitative estimate of drug-likeness (QED) is 0.594. The van der Waals surface area contributed by atoms with E-state index in [4.69, 9.17) is 22.1 Å². The average molecular weight is 430 g/mol. The van der Waals surface area contributed by atoms with E-state index in [1.165, 1.54) is 18.4 Å². The van der Waals surface area contributed by atoms with Gasteiger partial charge in [0, 0.05) is 26.2 Å². The molecular formula is C23H35N5OS. The highest BCUT2D eigenvalue weighted by atomic mass is 32.1. The average Bonchev–Trinajstić information content (AvgIpc) is 3.38. The van der Waals surface area contributed by atoms with Crippen LogP contribution in [0.4, 0.5) is 5.95 Å². The molecule has 2 fully saturated rings. The van der Waals surface area contributed by atoms with E-state index in [0.29, 0.717) is 6.67 Å². The van der Waals surface area contributed by atoms with E-state index in [9.17, 15) is 0 Å². The van der Waals surface area contributed by atoms with E-state index in [1.807, 2.05) is 4.68 Å². The molecule has 0 spiro atoms. The first kappa shape index (κ1) is 21.5. The molecule has 30 heavy (non-hydrogen) atoms. The minimum Gasteiger partial charge on any atom is -0.376 e. The van der Waals surface area contributed by atoms with Crippen LogP contribution in [-0.4, -0.2) is 58.6 Å². The second-order valence-electron chi connectivity index (χ2n) is 8.95. The first-order valence-electron chi connectivity index (χ1n) is 11.4. The van der Waals surface area contributed by atoms with Crippen LogP contribution in [0.2, 0.25) is 0 Å². The van der Waals surface area contributed by atoms with E-state index in [1.54, 1.807) is 0 Å². The van der Waals surface area contributed by atoms with Gasteiger partial charge >= 0.3 is 0 Å². The first-order chi connectivity index (χ1) is 14.6. The molecule has 0 radical (unpaired) electrons. The van der Waals surface area contributed by atoms with Gasteiger partial charge in [0.05, 0.1) is 19.3 Å². The number of aromatic nitrogens is 3. The summed E-state index contributed by atoms with van der Waals surface area (Å²) in [7, 11) is 2.14. The van der Waals surface area contributed by atoms with Crippen molar-refractivity contribution in [2.24, 2.45) is 5.92 Å². The molecule has 0 saturated carbocycles. The maximum absolute atomic E-state index is 5.92. The maximum atomic E-state index is 5.92. The molecule has 0 aliphatic carbocycles. The van der Waals surface area contributed by atoms with Gasteiger partial charge in [-0.05, 0) is 62.9 Å². The van der Waals surface area contributed by atoms with Crippen molar-refractivity contribution in [3.05, 3.63) is 40.7 Å². The Kier molecular flexibility index (Phi) is 7.23. The second kappa shape index (κ2) is 10.1. The van der Waals surface area contributed by atoms with Gasteiger partial charge in [-0.3, -0.25) is 9.47 Å². The lowest BCUT2D eigenvalue weighted by Gasteiger charge is -2.31. The van der Waals surface area contributed by atoms with E-state index >= 15 is 0 Å². The zero-order valence-electron chi connectivity index (χ0n) is 18.4. The number of likely N-dealkylation sites (N-methyl/N-ethyl adjacent to an activating group) is 1. The summed E-state index contributed by atoms with van der Waals surface area (Å²) >= 11 is 5.89. The number of benzene rings is 1. The third kappa shape index (κ3) is 5.31. The second-order valence-corrected chi connectivity index (χ2v) is 9.32. The highest BCUT2D eigenvalue weighted by Gasteiger charge is 2.25. The Morgan fingerprint density at radius 1 is 1.17 bits per heavy atom. The Hall–Kier alpha value is -1.70. The predicted molar refractivity (Wildman–Crippen MR) is 123 cm³/mol. The summed E-state index contributed by atoms with van der Waals surface area (Å²) in [6, 6.07) is 10.6. The lowest BCUT2D eigenvalue weighted by Crippen LogP contribution is -2.35. The Morgan fingerprint density at radius 2 is 1.93 bits per heavy atom. The number of nitrogens with zero attached hydrogens (tertiary/aromatic N) is 5. The minimum atomic E-state index is 0.257. The van der Waals surface area contributed by atoms with Crippen molar-refractivity contribution in [2.45, 2.75) is 58.3 Å². The smallest absolute Gasteiger partial charge is 0.226 e. The molecule has 2 saturated heterocycles. The number of hydrogen-bond acceptors (Lipinski definition) is 5. The monoisotopic (exact) mass is 429 g/mol. The van der Waals surface area contributed by atoms with Gasteiger partial charge in [-0.2, -0.15) is 0 Å². The lowest BCUT2D eigenvalue weighted by atomic mass is 10.00. The zero-order valence-corrected chi connectivity index (χ0v) is 19.2. The van der Waals surface area contributed by atoms with Gasteiger partial charge in [-0.1, -0.05) is 37.3 Å². The molecule has 0 N–H and O–H groups in total. The Bertz CT molecular complexity index is 850. The van der Waals surface area contributed by atoms with Gasteiger partial charge in [0.2, 0.25) is 10.7 Å². The molecule has 1 atom stereocenters. The number of rotatable bonds is 8. The number of hydrogen-bond donors (Lipinski definition) is 0. The van der Waals surface area contributed by atoms with Crippen molar-refractivity contribution >= 4 is 18.2 Å². The van der Waals surface area contributed by atoms with Crippen molar-refractivity contribution in [1.29, 1.82) is 0 Å². The van der Waals surface area contributed by atoms with Gasteiger partial charge in [-0.25, -0.2) is 4.68 Å². The molecule has 2 aliphatic heterocycles. The highest BCUT2D eigenvalue weighted by Crippen LogP contribution is 2.24. The van der Waals surface area contributed by atoms with Gasteiger partial charge < -0.3 is 9.64 Å². The maximum Gasteiger partial charge on any atom is 0.226 e. The molecule has 4 rings (SSSR count). The number of piperidine rings is 1. The minimum absolute atomic E-state index is 0.257. The van der Waals surface area contributed by atoms with Crippen LogP contribution in [-0.2, 0) is 24.4 Å². The van der Waals surface area contributed by atoms with Crippen LogP contribution in [0, 0.1) is 10.7 Å². The summed E-state index contributed by atoms with van der Waals surface area (Å²) in [6.07, 6.45) is 5.98. The van der Waals surface area contributed by atoms with Crippen molar-refractivity contribution in [1.82, 2.24) is 19.2 Å². The fraction of sp³-hybridized carbons (Fsp3) is 0.652. The summed E-state index contributed by atoms with van der Waals surface area (Å²) in [4.78, 5) is 4.72. The molecule has 1 aromatic heterocycles. The van der Waals surface area contributed by atoms with Crippen molar-refractivity contribution in [3.63, 3.8) is 0 Å². The molecule has 1 unspecified atom stereocenters. The summed E-state index contributed by atoms with van der Waals surface area (Å²) < 4.78 is 11.0. The normalized spacial score (nSPS) is 20.4. The van der Waals surface area contributed by atoms with Crippen molar-refractivity contribution in [3.8, 4) is 0 Å². The standard InChI is InChI=1S/C23H35N5OS/c1-19-10-14-26(15-11-19)22-24-28(23(30)27(22)17-21-9-6-16-29-21)18-25(2)13-12-20-7-4-3-5-8-20/h3-5,7-8,19,21H,6,9-18H2,1-2H3. The van der Waals surface area contributed by atoms with E-state index in [2.05, 4.69) is 58.7 Å². The molecule has 0 bridgehead atoms. The van der Waals surface area contributed by atoms with Crippen molar-refractivity contribution < 1.29 is 4.74 Å². The molecule has 1 aromatic carbocycles. The van der Waals surface area contributed by atoms with Gasteiger partial charge in [0.1, 0.15) is 0 Å². The molecular weight excluding hydrogens is 394 g/mol. The van der Waals surface area contributed by atoms with Crippen LogP contribution in [0.3, 0.4) is 0 Å². The predicted octanol–water partition coefficient (Wildman–Crippen LogP) is 3.96. The van der Waals surface area contributed by atoms with Crippen molar-refractivity contribution in [2.75, 3.05) is 38.2 Å². The van der Waals surface area contributed by atoms with Gasteiger partial charge in [0.15, 0.2) is 0 Å². The van der Waals surface area contributed by atoms with Crippen LogP contribution >= 0.6 is 12.2 Å². The van der Waals surface area contributed by atoms with Crippen LogP contribution in [0.25, 0.3) is 0 Å². The fourth-order valence-corrected chi connectivity index (χ4v) is 4.63. The Morgan fingerprint density at radius 3 is 2.63 bits per heavy atom. The summed E-state index contributed by atoms with van der Waals surface area (Å²) in [5.41, 5.74) is 1.36. The Labute approximate surface area is 185 Å². The summed E-state index contributed by atoms with van der Waals surface area (Å²) in [5, 5.41) is 5.00. The molecule has 0 amide bonds. The van der Waals surface area contributed by atoms with Gasteiger partial charge in [-0.15, -0.1) is 5.10 Å². The van der Waals surface area contributed by atoms with E-state index in [-0.39, 0.29) is 6.10 Å². The molecule has 2 aliphatic rings. The fourth-order valence-electron chi connectivity index (χ4n) is 4.38. The lowest BCUT2D eigenvalue weighted by molar-refractivity contribution is 0.0965. The number of ether oxygens (including phenoxy) is 1. The van der Waals surface area contributed by atoms with Crippen LogP contribution in [0.1, 0.15) is 38.2 Å². The SMILES string of the molecule is CC1CCN(c2nn(CN(C)CCc3ccccc3)c(=S)n2CC2CCCO2)CC1. The summed E-state index contributed by atoms with van der Waals surface area (Å²) in [6.45, 7) is 7.82.